The minimum absolute atomic E-state index is 0.0917. The van der Waals surface area contributed by atoms with Crippen LogP contribution in [0.3, 0.4) is 0 Å². The van der Waals surface area contributed by atoms with Crippen LogP contribution in [-0.4, -0.2) is 61.3 Å². The van der Waals surface area contributed by atoms with Gasteiger partial charge in [-0.3, -0.25) is 14.4 Å². The SMILES string of the molecule is COC(=O)C1CC1(C1=Cc2cc(C)c(C)cc2C1)c1c(C)c(C)c(C)c2c1ccn2C.COC(=O)C=C(C1=Cc2cc(C)c(C)cc2C1)c1c(C)c(C)c(C)c2c1ccn2C.Cc1cc2c(cc1C)CC(C(=O)c1c(C)c(C)c(C)c3c1ccn3C)=C2.Cc1cc2c(cc1C)CC(C1(c3c(C)c(C)c(C)c4c3ccn4C)CC1C(=O)O)=C2. The minimum atomic E-state index is -0.680. The molecular weight excluding hydrogens is 1440 g/mol. The van der Waals surface area contributed by atoms with Crippen molar-refractivity contribution in [2.75, 3.05) is 14.2 Å². The van der Waals surface area contributed by atoms with E-state index in [-0.39, 0.29) is 35.0 Å². The van der Waals surface area contributed by atoms with Crippen molar-refractivity contribution in [3.8, 4) is 0 Å². The first kappa shape index (κ1) is 80.9. The summed E-state index contributed by atoms with van der Waals surface area (Å²) in [5, 5.41) is 14.8. The van der Waals surface area contributed by atoms with E-state index in [4.69, 9.17) is 9.47 Å². The summed E-state index contributed by atoms with van der Waals surface area (Å²) in [5.74, 6) is -1.40. The number of aliphatic carboxylic acids is 1. The number of benzene rings is 8. The second kappa shape index (κ2) is 29.7. The Morgan fingerprint density at radius 1 is 0.368 bits per heavy atom. The van der Waals surface area contributed by atoms with Crippen LogP contribution in [0.2, 0.25) is 0 Å². The highest BCUT2D eigenvalue weighted by atomic mass is 16.5. The third kappa shape index (κ3) is 13.1. The van der Waals surface area contributed by atoms with Crippen molar-refractivity contribution in [3.05, 3.63) is 304 Å². The Hall–Kier alpha value is -11.3. The van der Waals surface area contributed by atoms with Gasteiger partial charge in [-0.25, -0.2) is 4.79 Å². The Balaban J connectivity index is 0.000000122. The van der Waals surface area contributed by atoms with Gasteiger partial charge >= 0.3 is 17.9 Å². The van der Waals surface area contributed by atoms with Gasteiger partial charge in [0.1, 0.15) is 0 Å². The Morgan fingerprint density at radius 3 is 1.07 bits per heavy atom. The topological polar surface area (TPSA) is 127 Å². The number of aryl methyl sites for hydroxylation is 16. The van der Waals surface area contributed by atoms with Crippen LogP contribution in [0.15, 0.2) is 126 Å². The third-order valence-corrected chi connectivity index (χ3v) is 29.0. The number of carbonyl (C=O) groups is 4. The molecule has 6 aliphatic carbocycles. The number of Topliss-reactive ketones (excluding diaryl/α,β-unsaturated/α-hetero) is 1. The van der Waals surface area contributed by atoms with Gasteiger partial charge in [-0.2, -0.15) is 0 Å². The summed E-state index contributed by atoms with van der Waals surface area (Å²) in [6.07, 6.45) is 23.9. The molecule has 117 heavy (non-hydrogen) atoms. The summed E-state index contributed by atoms with van der Waals surface area (Å²) >= 11 is 0. The highest BCUT2D eigenvalue weighted by Crippen LogP contribution is 2.66. The number of aromatic nitrogens is 4. The van der Waals surface area contributed by atoms with Crippen molar-refractivity contribution in [2.45, 2.75) is 188 Å². The average Bonchev–Trinajstić information content (AvgIpc) is 1.52. The summed E-state index contributed by atoms with van der Waals surface area (Å²) in [4.78, 5) is 51.0. The van der Waals surface area contributed by atoms with Gasteiger partial charge in [0.05, 0.1) is 48.1 Å². The highest BCUT2D eigenvalue weighted by Gasteiger charge is 2.65. The van der Waals surface area contributed by atoms with E-state index < -0.39 is 11.4 Å². The lowest BCUT2D eigenvalue weighted by molar-refractivity contribution is -0.142. The molecule has 4 atom stereocenters. The van der Waals surface area contributed by atoms with Crippen LogP contribution in [0.5, 0.6) is 0 Å². The van der Waals surface area contributed by atoms with E-state index in [0.717, 1.165) is 70.9 Å². The fourth-order valence-corrected chi connectivity index (χ4v) is 20.9. The summed E-state index contributed by atoms with van der Waals surface area (Å²) in [5.41, 5.74) is 50.2. The number of hydrogen-bond donors (Lipinski definition) is 1. The first-order valence-corrected chi connectivity index (χ1v) is 41.5. The largest absolute Gasteiger partial charge is 0.481 e. The smallest absolute Gasteiger partial charge is 0.331 e. The molecule has 0 amide bonds. The maximum atomic E-state index is 13.5. The number of rotatable bonds is 11. The lowest BCUT2D eigenvalue weighted by Crippen LogP contribution is -2.21. The number of allylic oxidation sites excluding steroid dienone is 5. The molecule has 11 heteroatoms. The van der Waals surface area contributed by atoms with Gasteiger partial charge in [-0.15, -0.1) is 0 Å². The van der Waals surface area contributed by atoms with Crippen molar-refractivity contribution >= 4 is 97.2 Å². The number of ketones is 1. The Kier molecular flexibility index (Phi) is 20.5. The van der Waals surface area contributed by atoms with Crippen LogP contribution >= 0.6 is 0 Å². The van der Waals surface area contributed by atoms with Gasteiger partial charge < -0.3 is 32.8 Å². The van der Waals surface area contributed by atoms with E-state index in [2.05, 4.69) is 307 Å². The molecule has 0 aliphatic heterocycles. The molecule has 4 aromatic heterocycles. The van der Waals surface area contributed by atoms with Crippen LogP contribution < -0.4 is 0 Å². The summed E-state index contributed by atoms with van der Waals surface area (Å²) in [6, 6.07) is 26.8. The van der Waals surface area contributed by atoms with Crippen LogP contribution in [0, 0.1) is 150 Å². The van der Waals surface area contributed by atoms with Gasteiger partial charge in [0.25, 0.3) is 0 Å². The summed E-state index contributed by atoms with van der Waals surface area (Å²) in [7, 11) is 11.3. The molecule has 0 spiro atoms. The molecule has 12 aromatic rings. The predicted octanol–water partition coefficient (Wildman–Crippen LogP) is 23.0. The third-order valence-electron chi connectivity index (χ3n) is 29.0. The number of carboxylic acids is 1. The van der Waals surface area contributed by atoms with Crippen molar-refractivity contribution in [1.29, 1.82) is 0 Å². The Morgan fingerprint density at radius 2 is 0.684 bits per heavy atom. The predicted molar refractivity (Wildman–Crippen MR) is 482 cm³/mol. The quantitative estimate of drug-likeness (QED) is 0.0776. The molecule has 0 saturated heterocycles. The molecule has 6 aliphatic rings. The lowest BCUT2D eigenvalue weighted by Gasteiger charge is -2.26. The van der Waals surface area contributed by atoms with Crippen molar-refractivity contribution < 1.29 is 33.8 Å². The van der Waals surface area contributed by atoms with Gasteiger partial charge in [-0.1, -0.05) is 77.9 Å². The number of carbonyl (C=O) groups excluding carboxylic acids is 3. The fourth-order valence-electron chi connectivity index (χ4n) is 20.9. The molecule has 0 radical (unpaired) electrons. The zero-order valence-corrected chi connectivity index (χ0v) is 73.7. The van der Waals surface area contributed by atoms with E-state index >= 15 is 0 Å². The monoisotopic (exact) mass is 1550 g/mol. The number of fused-ring (bicyclic) bond motifs is 8. The fraction of sp³-hybridized carbons (Fsp3) is 0.340. The van der Waals surface area contributed by atoms with E-state index in [1.807, 2.05) is 0 Å². The van der Waals surface area contributed by atoms with E-state index in [1.165, 1.54) is 225 Å². The molecule has 18 rings (SSSR count). The van der Waals surface area contributed by atoms with E-state index in [9.17, 15) is 24.3 Å². The summed E-state index contributed by atoms with van der Waals surface area (Å²) in [6.45, 7) is 43.3. The zero-order valence-electron chi connectivity index (χ0n) is 73.7. The van der Waals surface area contributed by atoms with Crippen molar-refractivity contribution in [1.82, 2.24) is 18.3 Å². The molecule has 2 saturated carbocycles. The molecule has 0 bridgehead atoms. The van der Waals surface area contributed by atoms with Crippen molar-refractivity contribution in [3.63, 3.8) is 0 Å². The summed E-state index contributed by atoms with van der Waals surface area (Å²) < 4.78 is 19.0. The van der Waals surface area contributed by atoms with Crippen LogP contribution in [0.25, 0.3) is 73.5 Å². The number of carboxylic acid groups (broad SMARTS) is 1. The van der Waals surface area contributed by atoms with Gasteiger partial charge in [0, 0.05) is 109 Å². The molecular formula is C106H114N4O7. The molecule has 4 unspecified atom stereocenters. The molecule has 2 fully saturated rings. The molecule has 11 nitrogen and oxygen atoms in total. The Bertz CT molecular complexity index is 6560. The highest BCUT2D eigenvalue weighted by molar-refractivity contribution is 6.20. The second-order valence-electron chi connectivity index (χ2n) is 35.4. The number of nitrogens with zero attached hydrogens (tertiary/aromatic N) is 4. The second-order valence-corrected chi connectivity index (χ2v) is 35.4. The first-order valence-electron chi connectivity index (χ1n) is 41.5. The zero-order chi connectivity index (χ0) is 84.3. The average molecular weight is 1560 g/mol. The van der Waals surface area contributed by atoms with Crippen molar-refractivity contribution in [2.24, 2.45) is 40.0 Å². The maximum absolute atomic E-state index is 13.5. The normalized spacial score (nSPS) is 17.9. The van der Waals surface area contributed by atoms with Gasteiger partial charge in [0.15, 0.2) is 5.78 Å². The minimum Gasteiger partial charge on any atom is -0.481 e. The van der Waals surface area contributed by atoms with Crippen LogP contribution in [-0.2, 0) is 88.6 Å². The maximum Gasteiger partial charge on any atom is 0.331 e. The van der Waals surface area contributed by atoms with E-state index in [0.29, 0.717) is 6.42 Å². The number of esters is 2. The molecule has 1 N–H and O–H groups in total. The number of ether oxygens (including phenoxy) is 2. The first-order chi connectivity index (χ1) is 55.4. The van der Waals surface area contributed by atoms with Crippen LogP contribution in [0.4, 0.5) is 0 Å². The molecule has 600 valence electrons. The Labute approximate surface area is 691 Å². The molecule has 4 heterocycles. The van der Waals surface area contributed by atoms with E-state index in [1.54, 1.807) is 6.08 Å². The van der Waals surface area contributed by atoms with Gasteiger partial charge in [0.2, 0.25) is 0 Å². The number of hydrogen-bond acceptors (Lipinski definition) is 6. The van der Waals surface area contributed by atoms with Crippen LogP contribution in [0.1, 0.15) is 196 Å². The molecule has 8 aromatic carbocycles. The number of methoxy groups -OCH3 is 2. The lowest BCUT2D eigenvalue weighted by atomic mass is 9.78. The van der Waals surface area contributed by atoms with Gasteiger partial charge in [-0.05, 0) is 385 Å². The standard InChI is InChI=1S/C28H31NO2.2C27H29NO2.C24H25NO/c1-15-10-20-12-22(13-21(20)11-16(15)2)28(14-24(28)27(30)31-7)25-18(4)17(3)19(5)26-23(25)8-9-29(26)6;1-14-9-19-11-21(12-20(19)10-15(14)2)27(13-23(27)26(29)30)24-17(4)16(3)18(5)25-22(24)7-8-28(25)6;1-15-10-20-12-22(13-21(20)11-16(15)2)24(14-25(29)30-7)26-18(4)17(3)19(5)27-23(26)8-9-28(27)6;1-13-9-18-11-20(12-19(18)10-14(13)2)24(26)22-16(4)15(3)17(5)23-21(22)7-8-25(23)6/h8-12,24H,13-14H2,1-7H3;7-11,23H,12-13H2,1-6H3,(H,29,30);8-12,14H,13H2,1-7H3;7-11H,12H2,1-6H3.